The van der Waals surface area contributed by atoms with Gasteiger partial charge in [0.15, 0.2) is 0 Å². The third-order valence-corrected chi connectivity index (χ3v) is 4.31. The molecular formula is C18H24BrNO. The van der Waals surface area contributed by atoms with Crippen molar-refractivity contribution in [1.82, 2.24) is 4.90 Å². The zero-order chi connectivity index (χ0) is 15.5. The van der Waals surface area contributed by atoms with E-state index in [1.807, 2.05) is 36.9 Å². The van der Waals surface area contributed by atoms with E-state index >= 15 is 0 Å². The first-order valence-electron chi connectivity index (χ1n) is 7.68. The van der Waals surface area contributed by atoms with E-state index in [1.54, 1.807) is 0 Å². The fourth-order valence-electron chi connectivity index (χ4n) is 2.76. The van der Waals surface area contributed by atoms with Gasteiger partial charge in [-0.2, -0.15) is 0 Å². The van der Waals surface area contributed by atoms with E-state index < -0.39 is 4.32 Å². The number of alkyl halides is 1. The van der Waals surface area contributed by atoms with Gasteiger partial charge in [-0.3, -0.25) is 4.79 Å². The van der Waals surface area contributed by atoms with Crippen LogP contribution in [0.25, 0.3) is 0 Å². The maximum absolute atomic E-state index is 12.9. The quantitative estimate of drug-likeness (QED) is 0.683. The molecule has 0 N–H and O–H groups in total. The number of hydrogen-bond acceptors (Lipinski definition) is 1. The van der Waals surface area contributed by atoms with E-state index in [0.717, 1.165) is 12.8 Å². The monoisotopic (exact) mass is 349 g/mol. The molecule has 0 spiro atoms. The standard InChI is InChI=1S/C18H24BrNO/c1-14(15-10-6-4-7-11-15)20(17(21)18(2,3)19)16-12-8-5-9-13-16/h4,6-7,10-12,14H,5,8-9,13H2,1-3H3/t14-/m0/s1. The zero-order valence-corrected chi connectivity index (χ0v) is 14.7. The minimum absolute atomic E-state index is 0.0554. The van der Waals surface area contributed by atoms with Crippen molar-refractivity contribution in [2.45, 2.75) is 56.8 Å². The predicted octanol–water partition coefficient (Wildman–Crippen LogP) is 5.21. The van der Waals surface area contributed by atoms with Gasteiger partial charge in [0.05, 0.1) is 10.4 Å². The molecule has 0 unspecified atom stereocenters. The Hall–Kier alpha value is -1.09. The van der Waals surface area contributed by atoms with Crippen molar-refractivity contribution in [3.05, 3.63) is 47.7 Å². The van der Waals surface area contributed by atoms with Crippen LogP contribution >= 0.6 is 15.9 Å². The Morgan fingerprint density at radius 1 is 1.24 bits per heavy atom. The molecule has 114 valence electrons. The molecule has 3 heteroatoms. The van der Waals surface area contributed by atoms with Crippen LogP contribution in [-0.4, -0.2) is 15.1 Å². The Kier molecular flexibility index (Phi) is 5.26. The van der Waals surface area contributed by atoms with Crippen LogP contribution in [-0.2, 0) is 4.79 Å². The maximum Gasteiger partial charge on any atom is 0.243 e. The van der Waals surface area contributed by atoms with Crippen molar-refractivity contribution in [2.75, 3.05) is 0 Å². The highest BCUT2D eigenvalue weighted by Crippen LogP contribution is 2.34. The van der Waals surface area contributed by atoms with Crippen LogP contribution in [0.3, 0.4) is 0 Å². The fourth-order valence-corrected chi connectivity index (χ4v) is 2.95. The second-order valence-corrected chi connectivity index (χ2v) is 8.16. The molecule has 1 aromatic rings. The Balaban J connectivity index is 2.36. The highest BCUT2D eigenvalue weighted by Gasteiger charge is 2.34. The Bertz CT molecular complexity index is 516. The van der Waals surface area contributed by atoms with Crippen molar-refractivity contribution in [3.63, 3.8) is 0 Å². The Labute approximate surface area is 136 Å². The molecule has 0 saturated heterocycles. The van der Waals surface area contributed by atoms with Gasteiger partial charge in [0.2, 0.25) is 5.91 Å². The van der Waals surface area contributed by atoms with Crippen molar-refractivity contribution in [3.8, 4) is 0 Å². The van der Waals surface area contributed by atoms with Gasteiger partial charge >= 0.3 is 0 Å². The Morgan fingerprint density at radius 2 is 1.90 bits per heavy atom. The first-order chi connectivity index (χ1) is 9.91. The van der Waals surface area contributed by atoms with Gasteiger partial charge in [0.1, 0.15) is 0 Å². The summed E-state index contributed by atoms with van der Waals surface area (Å²) in [5, 5.41) is 0. The number of amides is 1. The number of allylic oxidation sites excluding steroid dienone is 2. The van der Waals surface area contributed by atoms with Gasteiger partial charge in [-0.1, -0.05) is 52.3 Å². The van der Waals surface area contributed by atoms with E-state index in [0.29, 0.717) is 0 Å². The van der Waals surface area contributed by atoms with Gasteiger partial charge in [0.25, 0.3) is 0 Å². The molecule has 0 bridgehead atoms. The molecule has 21 heavy (non-hydrogen) atoms. The van der Waals surface area contributed by atoms with Crippen LogP contribution in [0.5, 0.6) is 0 Å². The van der Waals surface area contributed by atoms with Gasteiger partial charge in [-0.05, 0) is 52.0 Å². The number of nitrogens with zero attached hydrogens (tertiary/aromatic N) is 1. The first-order valence-corrected chi connectivity index (χ1v) is 8.47. The summed E-state index contributed by atoms with van der Waals surface area (Å²) in [5.74, 6) is 0.131. The molecule has 2 nitrogen and oxygen atoms in total. The van der Waals surface area contributed by atoms with Gasteiger partial charge in [-0.25, -0.2) is 0 Å². The molecule has 2 rings (SSSR count). The Morgan fingerprint density at radius 3 is 2.43 bits per heavy atom. The summed E-state index contributed by atoms with van der Waals surface area (Å²) >= 11 is 3.53. The molecular weight excluding hydrogens is 326 g/mol. The number of benzene rings is 1. The lowest BCUT2D eigenvalue weighted by Gasteiger charge is -2.36. The summed E-state index contributed by atoms with van der Waals surface area (Å²) in [7, 11) is 0. The first kappa shape index (κ1) is 16.3. The van der Waals surface area contributed by atoms with Gasteiger partial charge in [0, 0.05) is 5.70 Å². The van der Waals surface area contributed by atoms with E-state index in [1.165, 1.54) is 24.1 Å². The topological polar surface area (TPSA) is 20.3 Å². The lowest BCUT2D eigenvalue weighted by molar-refractivity contribution is -0.132. The fraction of sp³-hybridized carbons (Fsp3) is 0.500. The summed E-state index contributed by atoms with van der Waals surface area (Å²) in [5.41, 5.74) is 2.35. The number of hydrogen-bond donors (Lipinski definition) is 0. The lowest BCUT2D eigenvalue weighted by atomic mass is 9.98. The van der Waals surface area contributed by atoms with Crippen LogP contribution < -0.4 is 0 Å². The molecule has 1 amide bonds. The lowest BCUT2D eigenvalue weighted by Crippen LogP contribution is -2.42. The van der Waals surface area contributed by atoms with E-state index in [4.69, 9.17) is 0 Å². The SMILES string of the molecule is C[C@@H](c1ccccc1)N(C(=O)C(C)(C)Br)C1=CCCCC1. The molecule has 0 fully saturated rings. The number of rotatable bonds is 4. The summed E-state index contributed by atoms with van der Waals surface area (Å²) in [6.07, 6.45) is 6.69. The molecule has 1 aliphatic rings. The normalized spacial score (nSPS) is 17.0. The molecule has 0 aromatic heterocycles. The summed E-state index contributed by atoms with van der Waals surface area (Å²) in [6, 6.07) is 10.3. The largest absolute Gasteiger partial charge is 0.308 e. The molecule has 0 saturated carbocycles. The number of halogens is 1. The third kappa shape index (κ3) is 3.97. The van der Waals surface area contributed by atoms with Crippen LogP contribution in [0.4, 0.5) is 0 Å². The highest BCUT2D eigenvalue weighted by molar-refractivity contribution is 9.10. The average molecular weight is 350 g/mol. The summed E-state index contributed by atoms with van der Waals surface area (Å²) in [4.78, 5) is 14.9. The van der Waals surface area contributed by atoms with Crippen LogP contribution in [0, 0.1) is 0 Å². The molecule has 1 aromatic carbocycles. The average Bonchev–Trinajstić information content (AvgIpc) is 2.48. The smallest absolute Gasteiger partial charge is 0.243 e. The third-order valence-electron chi connectivity index (χ3n) is 3.97. The van der Waals surface area contributed by atoms with Crippen LogP contribution in [0.1, 0.15) is 58.1 Å². The molecule has 0 aliphatic heterocycles. The van der Waals surface area contributed by atoms with Crippen molar-refractivity contribution in [1.29, 1.82) is 0 Å². The van der Waals surface area contributed by atoms with Crippen LogP contribution in [0.15, 0.2) is 42.1 Å². The van der Waals surface area contributed by atoms with E-state index in [-0.39, 0.29) is 11.9 Å². The summed E-state index contributed by atoms with van der Waals surface area (Å²) in [6.45, 7) is 5.95. The molecule has 0 radical (unpaired) electrons. The van der Waals surface area contributed by atoms with Crippen molar-refractivity contribution < 1.29 is 4.79 Å². The summed E-state index contributed by atoms with van der Waals surface area (Å²) < 4.78 is -0.547. The van der Waals surface area contributed by atoms with Crippen LogP contribution in [0.2, 0.25) is 0 Å². The van der Waals surface area contributed by atoms with E-state index in [2.05, 4.69) is 41.1 Å². The second-order valence-electron chi connectivity index (χ2n) is 6.18. The highest BCUT2D eigenvalue weighted by atomic mass is 79.9. The van der Waals surface area contributed by atoms with E-state index in [9.17, 15) is 4.79 Å². The molecule has 1 atom stereocenters. The van der Waals surface area contributed by atoms with Crippen molar-refractivity contribution >= 4 is 21.8 Å². The molecule has 0 heterocycles. The zero-order valence-electron chi connectivity index (χ0n) is 13.1. The molecule has 1 aliphatic carbocycles. The number of carbonyl (C=O) groups excluding carboxylic acids is 1. The van der Waals surface area contributed by atoms with Gasteiger partial charge in [-0.15, -0.1) is 0 Å². The predicted molar refractivity (Wildman–Crippen MR) is 91.3 cm³/mol. The van der Waals surface area contributed by atoms with Crippen molar-refractivity contribution in [2.24, 2.45) is 0 Å². The maximum atomic E-state index is 12.9. The second kappa shape index (κ2) is 6.78. The number of carbonyl (C=O) groups is 1. The minimum Gasteiger partial charge on any atom is -0.308 e. The van der Waals surface area contributed by atoms with Gasteiger partial charge < -0.3 is 4.90 Å². The minimum atomic E-state index is -0.547.